The van der Waals surface area contributed by atoms with Crippen LogP contribution in [-0.4, -0.2) is 36.5 Å². The molecular formula is C24H34N2O2. The van der Waals surface area contributed by atoms with Crippen molar-refractivity contribution >= 4 is 5.91 Å². The molecule has 0 spiro atoms. The predicted octanol–water partition coefficient (Wildman–Crippen LogP) is 4.65. The Morgan fingerprint density at radius 2 is 1.86 bits per heavy atom. The third-order valence-electron chi connectivity index (χ3n) is 5.71. The zero-order chi connectivity index (χ0) is 20.1. The third-order valence-corrected chi connectivity index (χ3v) is 5.71. The molecule has 3 rings (SSSR count). The first kappa shape index (κ1) is 20.7. The van der Waals surface area contributed by atoms with Gasteiger partial charge in [-0.25, -0.2) is 0 Å². The van der Waals surface area contributed by atoms with Gasteiger partial charge in [-0.05, 0) is 54.3 Å². The van der Waals surface area contributed by atoms with E-state index in [0.717, 1.165) is 38.9 Å². The van der Waals surface area contributed by atoms with Crippen LogP contribution in [0.25, 0.3) is 0 Å². The van der Waals surface area contributed by atoms with E-state index in [2.05, 4.69) is 57.3 Å². The van der Waals surface area contributed by atoms with Crippen LogP contribution in [0.1, 0.15) is 62.0 Å². The lowest BCUT2D eigenvalue weighted by Crippen LogP contribution is -2.45. The Balaban J connectivity index is 1.39. The largest absolute Gasteiger partial charge is 0.472 e. The number of carbonyl (C=O) groups is 1. The Morgan fingerprint density at radius 1 is 1.18 bits per heavy atom. The molecule has 1 N–H and O–H groups in total. The first-order valence-corrected chi connectivity index (χ1v) is 10.5. The van der Waals surface area contributed by atoms with Gasteiger partial charge in [0, 0.05) is 19.1 Å². The van der Waals surface area contributed by atoms with Crippen LogP contribution >= 0.6 is 0 Å². The Labute approximate surface area is 169 Å². The number of benzene rings is 1. The van der Waals surface area contributed by atoms with Crippen molar-refractivity contribution in [3.8, 4) is 0 Å². The quantitative estimate of drug-likeness (QED) is 0.791. The monoisotopic (exact) mass is 382 g/mol. The van der Waals surface area contributed by atoms with Crippen LogP contribution in [0.4, 0.5) is 0 Å². The summed E-state index contributed by atoms with van der Waals surface area (Å²) in [6.45, 7) is 11.7. The fraction of sp³-hybridized carbons (Fsp3) is 0.542. The number of likely N-dealkylation sites (tertiary alicyclic amines) is 1. The molecule has 1 saturated heterocycles. The Hall–Kier alpha value is -2.07. The molecule has 0 radical (unpaired) electrons. The zero-order valence-corrected chi connectivity index (χ0v) is 17.7. The van der Waals surface area contributed by atoms with E-state index in [-0.39, 0.29) is 11.3 Å². The van der Waals surface area contributed by atoms with E-state index in [4.69, 9.17) is 4.42 Å². The summed E-state index contributed by atoms with van der Waals surface area (Å²) in [4.78, 5) is 14.3. The molecule has 1 aliphatic rings. The van der Waals surface area contributed by atoms with Crippen molar-refractivity contribution < 1.29 is 9.21 Å². The van der Waals surface area contributed by atoms with Gasteiger partial charge in [-0.1, -0.05) is 52.0 Å². The summed E-state index contributed by atoms with van der Waals surface area (Å²) in [5.41, 5.74) is 3.65. The average Bonchev–Trinajstić information content (AvgIpc) is 3.21. The van der Waals surface area contributed by atoms with Crippen LogP contribution in [0.3, 0.4) is 0 Å². The van der Waals surface area contributed by atoms with Gasteiger partial charge in [-0.3, -0.25) is 4.79 Å². The van der Waals surface area contributed by atoms with Crippen LogP contribution in [0.5, 0.6) is 0 Å². The highest BCUT2D eigenvalue weighted by Gasteiger charge is 2.24. The molecule has 1 unspecified atom stereocenters. The first-order valence-electron chi connectivity index (χ1n) is 10.5. The van der Waals surface area contributed by atoms with Gasteiger partial charge in [0.1, 0.15) is 6.26 Å². The lowest BCUT2D eigenvalue weighted by Gasteiger charge is -2.33. The van der Waals surface area contributed by atoms with Gasteiger partial charge < -0.3 is 14.6 Å². The summed E-state index contributed by atoms with van der Waals surface area (Å²) < 4.78 is 5.02. The Morgan fingerprint density at radius 3 is 2.43 bits per heavy atom. The third kappa shape index (κ3) is 5.48. The highest BCUT2D eigenvalue weighted by Crippen LogP contribution is 2.23. The summed E-state index contributed by atoms with van der Waals surface area (Å²) in [6.07, 6.45) is 6.20. The maximum Gasteiger partial charge on any atom is 0.257 e. The van der Waals surface area contributed by atoms with Crippen LogP contribution < -0.4 is 5.32 Å². The molecule has 2 aromatic rings. The molecule has 2 heterocycles. The fourth-order valence-corrected chi connectivity index (χ4v) is 3.84. The molecule has 4 heteroatoms. The normalized spacial score (nSPS) is 16.9. The molecular weight excluding hydrogens is 348 g/mol. The van der Waals surface area contributed by atoms with E-state index in [1.165, 1.54) is 17.4 Å². The van der Waals surface area contributed by atoms with E-state index < -0.39 is 0 Å². The number of piperidine rings is 1. The van der Waals surface area contributed by atoms with Crippen molar-refractivity contribution in [1.82, 2.24) is 10.2 Å². The lowest BCUT2D eigenvalue weighted by atomic mass is 9.86. The Bertz CT molecular complexity index is 736. The minimum Gasteiger partial charge on any atom is -0.472 e. The van der Waals surface area contributed by atoms with Crippen LogP contribution in [0.15, 0.2) is 47.3 Å². The number of hydrogen-bond donors (Lipinski definition) is 1. The minimum absolute atomic E-state index is 0.0827. The molecule has 1 aliphatic heterocycles. The van der Waals surface area contributed by atoms with Crippen molar-refractivity contribution in [2.45, 2.75) is 58.4 Å². The van der Waals surface area contributed by atoms with Crippen molar-refractivity contribution in [3.05, 3.63) is 59.5 Å². The van der Waals surface area contributed by atoms with Gasteiger partial charge >= 0.3 is 0 Å². The predicted molar refractivity (Wildman–Crippen MR) is 114 cm³/mol. The van der Waals surface area contributed by atoms with Gasteiger partial charge in [0.05, 0.1) is 11.8 Å². The first-order chi connectivity index (χ1) is 13.3. The fourth-order valence-electron chi connectivity index (χ4n) is 3.84. The molecule has 0 bridgehead atoms. The second-order valence-electron chi connectivity index (χ2n) is 9.24. The van der Waals surface area contributed by atoms with Gasteiger partial charge in [0.15, 0.2) is 0 Å². The smallest absolute Gasteiger partial charge is 0.257 e. The summed E-state index contributed by atoms with van der Waals surface area (Å²) in [6, 6.07) is 11.3. The van der Waals surface area contributed by atoms with Gasteiger partial charge in [0.2, 0.25) is 0 Å². The molecule has 1 fully saturated rings. The minimum atomic E-state index is 0.0827. The molecule has 28 heavy (non-hydrogen) atoms. The number of rotatable bonds is 6. The van der Waals surface area contributed by atoms with Crippen molar-refractivity contribution in [2.75, 3.05) is 19.6 Å². The van der Waals surface area contributed by atoms with Crippen LogP contribution in [0, 0.1) is 5.92 Å². The van der Waals surface area contributed by atoms with E-state index >= 15 is 0 Å². The maximum atomic E-state index is 12.4. The topological polar surface area (TPSA) is 45.5 Å². The number of furan rings is 1. The van der Waals surface area contributed by atoms with Crippen LogP contribution in [-0.2, 0) is 11.8 Å². The van der Waals surface area contributed by atoms with E-state index in [1.807, 2.05) is 4.90 Å². The summed E-state index contributed by atoms with van der Waals surface area (Å²) >= 11 is 0. The number of nitrogens with one attached hydrogen (secondary N) is 1. The van der Waals surface area contributed by atoms with E-state index in [0.29, 0.717) is 17.5 Å². The van der Waals surface area contributed by atoms with Crippen molar-refractivity contribution in [1.29, 1.82) is 0 Å². The standard InChI is InChI=1S/C24H34N2O2/c1-18(15-19-5-7-21(8-6-19)24(2,3)4)16-25-22-9-12-26(13-10-22)23(27)20-11-14-28-17-20/h5-8,11,14,17-18,22,25H,9-10,12-13,15-16H2,1-4H3. The average molecular weight is 383 g/mol. The highest BCUT2D eigenvalue weighted by molar-refractivity contribution is 5.93. The molecule has 0 aliphatic carbocycles. The number of nitrogens with zero attached hydrogens (tertiary/aromatic N) is 1. The molecule has 1 amide bonds. The highest BCUT2D eigenvalue weighted by atomic mass is 16.3. The number of amides is 1. The van der Waals surface area contributed by atoms with E-state index in [1.54, 1.807) is 12.3 Å². The van der Waals surface area contributed by atoms with Gasteiger partial charge in [-0.15, -0.1) is 0 Å². The maximum absolute atomic E-state index is 12.4. The Kier molecular flexibility index (Phi) is 6.61. The molecule has 1 aromatic heterocycles. The second-order valence-corrected chi connectivity index (χ2v) is 9.24. The molecule has 0 saturated carbocycles. The van der Waals surface area contributed by atoms with Gasteiger partial charge in [0.25, 0.3) is 5.91 Å². The SMILES string of the molecule is CC(CNC1CCN(C(=O)c2ccoc2)CC1)Cc1ccc(C(C)(C)C)cc1. The lowest BCUT2D eigenvalue weighted by molar-refractivity contribution is 0.0703. The molecule has 1 atom stereocenters. The van der Waals surface area contributed by atoms with Crippen molar-refractivity contribution in [2.24, 2.45) is 5.92 Å². The molecule has 152 valence electrons. The molecule has 1 aromatic carbocycles. The summed E-state index contributed by atoms with van der Waals surface area (Å²) in [7, 11) is 0. The second kappa shape index (κ2) is 8.95. The van der Waals surface area contributed by atoms with E-state index in [9.17, 15) is 4.79 Å². The van der Waals surface area contributed by atoms with Crippen LogP contribution in [0.2, 0.25) is 0 Å². The summed E-state index contributed by atoms with van der Waals surface area (Å²) in [5, 5.41) is 3.72. The zero-order valence-electron chi connectivity index (χ0n) is 17.7. The summed E-state index contributed by atoms with van der Waals surface area (Å²) in [5.74, 6) is 0.672. The van der Waals surface area contributed by atoms with Gasteiger partial charge in [-0.2, -0.15) is 0 Å². The molecule has 4 nitrogen and oxygen atoms in total. The number of hydrogen-bond acceptors (Lipinski definition) is 3. The van der Waals surface area contributed by atoms with Crippen molar-refractivity contribution in [3.63, 3.8) is 0 Å². The number of carbonyl (C=O) groups excluding carboxylic acids is 1.